The second-order valence-corrected chi connectivity index (χ2v) is 6.02. The Hall–Kier alpha value is -1.99. The summed E-state index contributed by atoms with van der Waals surface area (Å²) in [6.07, 6.45) is 1.91. The van der Waals surface area contributed by atoms with Crippen molar-refractivity contribution in [1.82, 2.24) is 4.90 Å². The van der Waals surface area contributed by atoms with Gasteiger partial charge in [0.2, 0.25) is 0 Å². The summed E-state index contributed by atoms with van der Waals surface area (Å²) >= 11 is 5.99. The van der Waals surface area contributed by atoms with E-state index in [1.807, 2.05) is 0 Å². The van der Waals surface area contributed by atoms with Gasteiger partial charge < -0.3 is 24.8 Å². The quantitative estimate of drug-likeness (QED) is 0.784. The first kappa shape index (κ1) is 18.4. The summed E-state index contributed by atoms with van der Waals surface area (Å²) in [6.45, 7) is 1.25. The molecular formula is C16H21ClN2O5. The van der Waals surface area contributed by atoms with E-state index in [2.05, 4.69) is 5.32 Å². The number of rotatable bonds is 7. The molecule has 8 heteroatoms. The number of carbonyl (C=O) groups excluding carboxylic acids is 1. The summed E-state index contributed by atoms with van der Waals surface area (Å²) in [5.74, 6) is -0.465. The highest BCUT2D eigenvalue weighted by Crippen LogP contribution is 2.29. The second kappa shape index (κ2) is 8.75. The number of carbonyl (C=O) groups is 2. The number of nitrogens with zero attached hydrogens (tertiary/aromatic N) is 1. The fourth-order valence-corrected chi connectivity index (χ4v) is 2.43. The molecule has 1 atom stereocenters. The Morgan fingerprint density at radius 3 is 2.96 bits per heavy atom. The molecule has 0 aliphatic carbocycles. The monoisotopic (exact) mass is 356 g/mol. The van der Waals surface area contributed by atoms with Gasteiger partial charge >= 0.3 is 12.0 Å². The van der Waals surface area contributed by atoms with Gasteiger partial charge in [-0.2, -0.15) is 0 Å². The highest BCUT2D eigenvalue weighted by Gasteiger charge is 2.18. The third kappa shape index (κ3) is 5.58. The van der Waals surface area contributed by atoms with Gasteiger partial charge in [0.25, 0.3) is 0 Å². The van der Waals surface area contributed by atoms with Crippen LogP contribution in [0, 0.1) is 0 Å². The summed E-state index contributed by atoms with van der Waals surface area (Å²) in [6, 6.07) is 4.52. The van der Waals surface area contributed by atoms with Gasteiger partial charge in [-0.05, 0) is 31.0 Å². The Balaban J connectivity index is 1.97. The lowest BCUT2D eigenvalue weighted by atomic mass is 10.2. The van der Waals surface area contributed by atoms with Crippen molar-refractivity contribution in [1.29, 1.82) is 0 Å². The van der Waals surface area contributed by atoms with E-state index in [0.29, 0.717) is 23.1 Å². The van der Waals surface area contributed by atoms with Crippen LogP contribution in [0.5, 0.6) is 5.75 Å². The van der Waals surface area contributed by atoms with Gasteiger partial charge in [0.05, 0.1) is 18.2 Å². The fourth-order valence-electron chi connectivity index (χ4n) is 2.26. The molecule has 0 aromatic heterocycles. The van der Waals surface area contributed by atoms with Crippen LogP contribution >= 0.6 is 11.6 Å². The number of halogens is 1. The normalized spacial score (nSPS) is 16.7. The topological polar surface area (TPSA) is 88.1 Å². The van der Waals surface area contributed by atoms with Crippen LogP contribution in [-0.4, -0.2) is 54.9 Å². The summed E-state index contributed by atoms with van der Waals surface area (Å²) in [4.78, 5) is 24.0. The minimum Gasteiger partial charge on any atom is -0.489 e. The molecular weight excluding hydrogens is 336 g/mol. The summed E-state index contributed by atoms with van der Waals surface area (Å²) < 4.78 is 11.3. The standard InChI is InChI=1S/C16H21ClN2O5/c1-19(7-6-15(20)21)16(22)18-13-9-11(17)4-5-14(13)24-10-12-3-2-8-23-12/h4-5,9,12H,2-3,6-8,10H2,1H3,(H,18,22)(H,20,21). The number of carboxylic acids is 1. The van der Waals surface area contributed by atoms with Crippen molar-refractivity contribution in [2.75, 3.05) is 32.1 Å². The summed E-state index contributed by atoms with van der Waals surface area (Å²) in [7, 11) is 1.52. The lowest BCUT2D eigenvalue weighted by Gasteiger charge is -2.19. The molecule has 1 aromatic rings. The van der Waals surface area contributed by atoms with Gasteiger partial charge in [0, 0.05) is 25.2 Å². The molecule has 0 radical (unpaired) electrons. The van der Waals surface area contributed by atoms with E-state index < -0.39 is 12.0 Å². The lowest BCUT2D eigenvalue weighted by Crippen LogP contribution is -2.33. The van der Waals surface area contributed by atoms with Crippen molar-refractivity contribution in [2.45, 2.75) is 25.4 Å². The van der Waals surface area contributed by atoms with Crippen LogP contribution < -0.4 is 10.1 Å². The Bertz CT molecular complexity index is 590. The number of nitrogens with one attached hydrogen (secondary N) is 1. The van der Waals surface area contributed by atoms with E-state index in [1.54, 1.807) is 18.2 Å². The van der Waals surface area contributed by atoms with Crippen LogP contribution in [0.15, 0.2) is 18.2 Å². The minimum absolute atomic E-state index is 0.0578. The second-order valence-electron chi connectivity index (χ2n) is 5.58. The highest BCUT2D eigenvalue weighted by molar-refractivity contribution is 6.31. The number of anilines is 1. The van der Waals surface area contributed by atoms with Crippen LogP contribution in [0.1, 0.15) is 19.3 Å². The first-order valence-electron chi connectivity index (χ1n) is 7.73. The summed E-state index contributed by atoms with van der Waals surface area (Å²) in [5, 5.41) is 11.8. The third-order valence-electron chi connectivity index (χ3n) is 3.64. The first-order valence-corrected chi connectivity index (χ1v) is 8.11. The van der Waals surface area contributed by atoms with E-state index in [9.17, 15) is 9.59 Å². The molecule has 1 aliphatic heterocycles. The zero-order valence-corrected chi connectivity index (χ0v) is 14.2. The number of aliphatic carboxylic acids is 1. The van der Waals surface area contributed by atoms with Gasteiger partial charge in [-0.3, -0.25) is 4.79 Å². The largest absolute Gasteiger partial charge is 0.489 e. The van der Waals surface area contributed by atoms with Crippen molar-refractivity contribution < 1.29 is 24.2 Å². The van der Waals surface area contributed by atoms with Crippen molar-refractivity contribution >= 4 is 29.3 Å². The average molecular weight is 357 g/mol. The first-order chi connectivity index (χ1) is 11.5. The average Bonchev–Trinajstić information content (AvgIpc) is 3.05. The molecule has 2 rings (SSSR count). The van der Waals surface area contributed by atoms with Gasteiger partial charge in [0.15, 0.2) is 0 Å². The predicted octanol–water partition coefficient (Wildman–Crippen LogP) is 2.84. The number of urea groups is 1. The molecule has 2 amide bonds. The number of hydrogen-bond acceptors (Lipinski definition) is 4. The van der Waals surface area contributed by atoms with Crippen molar-refractivity contribution in [3.63, 3.8) is 0 Å². The third-order valence-corrected chi connectivity index (χ3v) is 3.87. The van der Waals surface area contributed by atoms with E-state index in [0.717, 1.165) is 19.4 Å². The smallest absolute Gasteiger partial charge is 0.321 e. The van der Waals surface area contributed by atoms with Crippen LogP contribution in [0.3, 0.4) is 0 Å². The molecule has 132 valence electrons. The molecule has 0 spiro atoms. The number of ether oxygens (including phenoxy) is 2. The van der Waals surface area contributed by atoms with E-state index in [1.165, 1.54) is 11.9 Å². The van der Waals surface area contributed by atoms with Gasteiger partial charge in [0.1, 0.15) is 12.4 Å². The van der Waals surface area contributed by atoms with Crippen LogP contribution in [-0.2, 0) is 9.53 Å². The maximum atomic E-state index is 12.1. The predicted molar refractivity (Wildman–Crippen MR) is 89.8 cm³/mol. The number of benzene rings is 1. The molecule has 2 N–H and O–H groups in total. The maximum absolute atomic E-state index is 12.1. The molecule has 1 aromatic carbocycles. The molecule has 7 nitrogen and oxygen atoms in total. The Labute approximate surface area is 145 Å². The minimum atomic E-state index is -0.960. The highest BCUT2D eigenvalue weighted by atomic mass is 35.5. The molecule has 1 heterocycles. The number of hydrogen-bond donors (Lipinski definition) is 2. The molecule has 0 saturated carbocycles. The molecule has 24 heavy (non-hydrogen) atoms. The SMILES string of the molecule is CN(CCC(=O)O)C(=O)Nc1cc(Cl)ccc1OCC1CCCO1. The fraction of sp³-hybridized carbons (Fsp3) is 0.500. The van der Waals surface area contributed by atoms with Gasteiger partial charge in [-0.15, -0.1) is 0 Å². The number of carboxylic acid groups (broad SMARTS) is 1. The zero-order valence-electron chi connectivity index (χ0n) is 13.5. The molecule has 1 saturated heterocycles. The maximum Gasteiger partial charge on any atom is 0.321 e. The van der Waals surface area contributed by atoms with E-state index >= 15 is 0 Å². The van der Waals surface area contributed by atoms with Crippen molar-refractivity contribution in [3.8, 4) is 5.75 Å². The van der Waals surface area contributed by atoms with Gasteiger partial charge in [-0.1, -0.05) is 11.6 Å². The van der Waals surface area contributed by atoms with Crippen molar-refractivity contribution in [2.24, 2.45) is 0 Å². The molecule has 1 unspecified atom stereocenters. The van der Waals surface area contributed by atoms with Crippen molar-refractivity contribution in [3.05, 3.63) is 23.2 Å². The number of amides is 2. The lowest BCUT2D eigenvalue weighted by molar-refractivity contribution is -0.137. The van der Waals surface area contributed by atoms with Crippen LogP contribution in [0.4, 0.5) is 10.5 Å². The Morgan fingerprint density at radius 1 is 1.50 bits per heavy atom. The molecule has 0 bridgehead atoms. The van der Waals surface area contributed by atoms with Crippen LogP contribution in [0.2, 0.25) is 5.02 Å². The molecule has 1 aliphatic rings. The van der Waals surface area contributed by atoms with E-state index in [4.69, 9.17) is 26.2 Å². The Kier molecular flexibility index (Phi) is 6.69. The molecule has 1 fully saturated rings. The van der Waals surface area contributed by atoms with Crippen LogP contribution in [0.25, 0.3) is 0 Å². The summed E-state index contributed by atoms with van der Waals surface area (Å²) in [5.41, 5.74) is 0.438. The zero-order chi connectivity index (χ0) is 17.5. The van der Waals surface area contributed by atoms with E-state index in [-0.39, 0.29) is 19.1 Å². The van der Waals surface area contributed by atoms with Gasteiger partial charge in [-0.25, -0.2) is 4.79 Å². The Morgan fingerprint density at radius 2 is 2.29 bits per heavy atom.